The van der Waals surface area contributed by atoms with E-state index in [0.717, 1.165) is 5.82 Å². The van der Waals surface area contributed by atoms with Crippen molar-refractivity contribution in [3.05, 3.63) is 53.9 Å². The van der Waals surface area contributed by atoms with Crippen LogP contribution in [0.5, 0.6) is 17.2 Å². The zero-order valence-corrected chi connectivity index (χ0v) is 14.1. The Bertz CT molecular complexity index is 933. The van der Waals surface area contributed by atoms with Gasteiger partial charge in [0.25, 0.3) is 5.91 Å². The van der Waals surface area contributed by atoms with Crippen molar-refractivity contribution in [3.8, 4) is 17.2 Å². The summed E-state index contributed by atoms with van der Waals surface area (Å²) < 4.78 is 18.1. The van der Waals surface area contributed by atoms with E-state index in [-0.39, 0.29) is 19.3 Å². The van der Waals surface area contributed by atoms with Crippen molar-refractivity contribution in [2.75, 3.05) is 6.79 Å². The van der Waals surface area contributed by atoms with Crippen LogP contribution in [-0.4, -0.2) is 32.4 Å². The van der Waals surface area contributed by atoms with Crippen molar-refractivity contribution in [2.45, 2.75) is 13.2 Å². The van der Waals surface area contributed by atoms with E-state index in [1.54, 1.807) is 30.5 Å². The van der Waals surface area contributed by atoms with Gasteiger partial charge in [-0.25, -0.2) is 4.98 Å². The van der Waals surface area contributed by atoms with E-state index >= 15 is 0 Å². The van der Waals surface area contributed by atoms with E-state index in [1.807, 2.05) is 17.8 Å². The Morgan fingerprint density at radius 2 is 2.23 bits per heavy atom. The molecule has 0 aliphatic carbocycles. The average molecular weight is 355 g/mol. The smallest absolute Gasteiger partial charge is 0.272 e. The summed E-state index contributed by atoms with van der Waals surface area (Å²) in [5.41, 5.74) is 0.980. The predicted octanol–water partition coefficient (Wildman–Crippen LogP) is 1.38. The predicted molar refractivity (Wildman–Crippen MR) is 89.9 cm³/mol. The highest BCUT2D eigenvalue weighted by atomic mass is 16.7. The first-order valence-corrected chi connectivity index (χ1v) is 8.00. The van der Waals surface area contributed by atoms with E-state index < -0.39 is 0 Å². The third-order valence-electron chi connectivity index (χ3n) is 3.93. The van der Waals surface area contributed by atoms with E-state index in [1.165, 1.54) is 0 Å². The third-order valence-corrected chi connectivity index (χ3v) is 3.93. The molecular weight excluding hydrogens is 338 g/mol. The van der Waals surface area contributed by atoms with Gasteiger partial charge in [-0.05, 0) is 18.2 Å². The molecule has 0 fully saturated rings. The fourth-order valence-corrected chi connectivity index (χ4v) is 2.50. The molecule has 1 aliphatic rings. The van der Waals surface area contributed by atoms with Crippen molar-refractivity contribution >= 4 is 5.91 Å². The van der Waals surface area contributed by atoms with Gasteiger partial charge in [0.1, 0.15) is 23.9 Å². The number of rotatable bonds is 6. The molecule has 3 aromatic rings. The van der Waals surface area contributed by atoms with Gasteiger partial charge in [0.2, 0.25) is 6.79 Å². The fraction of sp³-hybridized carbons (Fsp3) is 0.235. The van der Waals surface area contributed by atoms with Gasteiger partial charge in [-0.3, -0.25) is 9.89 Å². The summed E-state index contributed by atoms with van der Waals surface area (Å²) in [6.07, 6.45) is 3.50. The zero-order chi connectivity index (χ0) is 17.9. The third kappa shape index (κ3) is 3.32. The second-order valence-corrected chi connectivity index (χ2v) is 5.72. The number of nitrogens with one attached hydrogen (secondary N) is 2. The maximum Gasteiger partial charge on any atom is 0.272 e. The van der Waals surface area contributed by atoms with Crippen molar-refractivity contribution in [3.63, 3.8) is 0 Å². The molecule has 0 saturated carbocycles. The Labute approximate surface area is 148 Å². The topological polar surface area (TPSA) is 103 Å². The molecular formula is C17H17N5O4. The second kappa shape index (κ2) is 6.79. The number of nitrogens with zero attached hydrogens (tertiary/aromatic N) is 3. The molecule has 0 bridgehead atoms. The molecule has 4 rings (SSSR count). The monoisotopic (exact) mass is 355 g/mol. The Morgan fingerprint density at radius 3 is 3.08 bits per heavy atom. The molecule has 1 aliphatic heterocycles. The van der Waals surface area contributed by atoms with Gasteiger partial charge in [0.15, 0.2) is 11.5 Å². The standard InChI is InChI=1S/C17H17N5O4/c1-22-5-4-18-16(22)8-19-17(23)13-6-11(20-21-13)9-24-12-2-3-14-15(7-12)26-10-25-14/h2-7H,8-10H2,1H3,(H,19,23)(H,20,21). The van der Waals surface area contributed by atoms with Crippen molar-refractivity contribution in [2.24, 2.45) is 7.05 Å². The van der Waals surface area contributed by atoms with Crippen LogP contribution in [0, 0.1) is 0 Å². The number of benzene rings is 1. The summed E-state index contributed by atoms with van der Waals surface area (Å²) >= 11 is 0. The molecule has 26 heavy (non-hydrogen) atoms. The molecule has 0 spiro atoms. The average Bonchev–Trinajstić information content (AvgIpc) is 3.38. The van der Waals surface area contributed by atoms with E-state index in [4.69, 9.17) is 14.2 Å². The van der Waals surface area contributed by atoms with E-state index in [0.29, 0.717) is 35.2 Å². The number of fused-ring (bicyclic) bond motifs is 1. The van der Waals surface area contributed by atoms with Gasteiger partial charge < -0.3 is 24.1 Å². The summed E-state index contributed by atoms with van der Waals surface area (Å²) in [5, 5.41) is 9.60. The SMILES string of the molecule is Cn1ccnc1CNC(=O)c1cc(COc2ccc3c(c2)OCO3)[nH]n1. The quantitative estimate of drug-likeness (QED) is 0.692. The van der Waals surface area contributed by atoms with Crippen LogP contribution in [0.3, 0.4) is 0 Å². The van der Waals surface area contributed by atoms with Crippen LogP contribution in [0.2, 0.25) is 0 Å². The van der Waals surface area contributed by atoms with Crippen LogP contribution >= 0.6 is 0 Å². The van der Waals surface area contributed by atoms with Crippen LogP contribution < -0.4 is 19.5 Å². The summed E-state index contributed by atoms with van der Waals surface area (Å²) in [6, 6.07) is 7.01. The Hall–Kier alpha value is -3.49. The minimum atomic E-state index is -0.279. The number of hydrogen-bond donors (Lipinski definition) is 2. The molecule has 1 amide bonds. The number of hydrogen-bond acceptors (Lipinski definition) is 6. The first-order valence-electron chi connectivity index (χ1n) is 8.00. The number of ether oxygens (including phenoxy) is 3. The Morgan fingerprint density at radius 1 is 1.35 bits per heavy atom. The van der Waals surface area contributed by atoms with E-state index in [2.05, 4.69) is 20.5 Å². The van der Waals surface area contributed by atoms with Gasteiger partial charge in [-0.15, -0.1) is 0 Å². The van der Waals surface area contributed by atoms with Gasteiger partial charge in [0, 0.05) is 25.5 Å². The fourth-order valence-electron chi connectivity index (χ4n) is 2.50. The number of aromatic nitrogens is 4. The normalized spacial score (nSPS) is 12.2. The molecule has 0 unspecified atom stereocenters. The minimum absolute atomic E-state index is 0.218. The molecule has 9 nitrogen and oxygen atoms in total. The summed E-state index contributed by atoms with van der Waals surface area (Å²) in [5.74, 6) is 2.48. The molecule has 0 radical (unpaired) electrons. The lowest BCUT2D eigenvalue weighted by Gasteiger charge is -2.05. The number of aryl methyl sites for hydroxylation is 1. The number of carbonyl (C=O) groups is 1. The number of amides is 1. The molecule has 2 N–H and O–H groups in total. The van der Waals surface area contributed by atoms with Gasteiger partial charge in [-0.2, -0.15) is 5.10 Å². The van der Waals surface area contributed by atoms with Crippen LogP contribution in [-0.2, 0) is 20.2 Å². The summed E-state index contributed by atoms with van der Waals surface area (Å²) in [6.45, 7) is 0.799. The van der Waals surface area contributed by atoms with Crippen molar-refractivity contribution < 1.29 is 19.0 Å². The van der Waals surface area contributed by atoms with Crippen molar-refractivity contribution in [1.82, 2.24) is 25.1 Å². The van der Waals surface area contributed by atoms with Crippen LogP contribution in [0.1, 0.15) is 22.0 Å². The Kier molecular flexibility index (Phi) is 4.18. The Balaban J connectivity index is 1.32. The molecule has 9 heteroatoms. The van der Waals surface area contributed by atoms with Gasteiger partial charge in [0.05, 0.1) is 12.2 Å². The highest BCUT2D eigenvalue weighted by Crippen LogP contribution is 2.35. The molecule has 3 heterocycles. The van der Waals surface area contributed by atoms with Crippen LogP contribution in [0.25, 0.3) is 0 Å². The molecule has 134 valence electrons. The zero-order valence-electron chi connectivity index (χ0n) is 14.1. The molecule has 0 saturated heterocycles. The maximum absolute atomic E-state index is 12.2. The first kappa shape index (κ1) is 16.0. The lowest BCUT2D eigenvalue weighted by atomic mass is 10.3. The van der Waals surface area contributed by atoms with Gasteiger partial charge in [-0.1, -0.05) is 0 Å². The molecule has 0 atom stereocenters. The number of H-pyrrole nitrogens is 1. The van der Waals surface area contributed by atoms with Crippen LogP contribution in [0.4, 0.5) is 0 Å². The van der Waals surface area contributed by atoms with Crippen molar-refractivity contribution in [1.29, 1.82) is 0 Å². The first-order chi connectivity index (χ1) is 12.7. The summed E-state index contributed by atoms with van der Waals surface area (Å²) in [4.78, 5) is 16.3. The number of aromatic amines is 1. The highest BCUT2D eigenvalue weighted by Gasteiger charge is 2.15. The number of imidazole rings is 1. The van der Waals surface area contributed by atoms with Gasteiger partial charge >= 0.3 is 0 Å². The maximum atomic E-state index is 12.2. The van der Waals surface area contributed by atoms with Crippen LogP contribution in [0.15, 0.2) is 36.7 Å². The molecule has 2 aromatic heterocycles. The van der Waals surface area contributed by atoms with E-state index in [9.17, 15) is 4.79 Å². The molecule has 1 aromatic carbocycles. The summed E-state index contributed by atoms with van der Waals surface area (Å²) in [7, 11) is 1.87. The minimum Gasteiger partial charge on any atom is -0.487 e. The lowest BCUT2D eigenvalue weighted by molar-refractivity contribution is 0.0944. The largest absolute Gasteiger partial charge is 0.487 e. The highest BCUT2D eigenvalue weighted by molar-refractivity contribution is 5.92. The lowest BCUT2D eigenvalue weighted by Crippen LogP contribution is -2.24. The second-order valence-electron chi connectivity index (χ2n) is 5.72. The number of carbonyl (C=O) groups excluding carboxylic acids is 1.